The fraction of sp³-hybridized carbons (Fsp3) is 0.550. The topological polar surface area (TPSA) is 71.1 Å². The summed E-state index contributed by atoms with van der Waals surface area (Å²) in [6.45, 7) is 5.91. The molecule has 1 aromatic heterocycles. The lowest BCUT2D eigenvalue weighted by atomic mass is 9.88. The van der Waals surface area contributed by atoms with Gasteiger partial charge >= 0.3 is 0 Å². The highest BCUT2D eigenvalue weighted by atomic mass is 32.1. The molecule has 1 unspecified atom stereocenters. The van der Waals surface area contributed by atoms with E-state index in [-0.39, 0.29) is 23.7 Å². The zero-order valence-electron chi connectivity index (χ0n) is 15.7. The average molecular weight is 374 g/mol. The van der Waals surface area contributed by atoms with Gasteiger partial charge in [0.1, 0.15) is 6.04 Å². The zero-order valence-corrected chi connectivity index (χ0v) is 16.5. The maximum Gasteiger partial charge on any atom is 0.248 e. The van der Waals surface area contributed by atoms with Crippen LogP contribution in [0.3, 0.4) is 0 Å². The molecule has 1 aliphatic carbocycles. The van der Waals surface area contributed by atoms with Gasteiger partial charge in [0.05, 0.1) is 10.2 Å². The highest BCUT2D eigenvalue weighted by Crippen LogP contribution is 2.28. The first kappa shape index (κ1) is 18.8. The fourth-order valence-corrected chi connectivity index (χ4v) is 4.44. The number of aryl methyl sites for hydroxylation is 1. The summed E-state index contributed by atoms with van der Waals surface area (Å²) < 4.78 is 1.05. The average Bonchev–Trinajstić information content (AvgIpc) is 3.03. The van der Waals surface area contributed by atoms with E-state index in [9.17, 15) is 9.59 Å². The Kier molecular flexibility index (Phi) is 5.91. The number of hydrogen-bond acceptors (Lipinski definition) is 4. The van der Waals surface area contributed by atoms with Crippen molar-refractivity contribution in [1.82, 2.24) is 10.3 Å². The van der Waals surface area contributed by atoms with Crippen molar-refractivity contribution in [2.45, 2.75) is 58.9 Å². The van der Waals surface area contributed by atoms with Crippen LogP contribution in [0.5, 0.6) is 0 Å². The van der Waals surface area contributed by atoms with Crippen molar-refractivity contribution in [3.8, 4) is 0 Å². The zero-order chi connectivity index (χ0) is 18.7. The number of benzene rings is 1. The first-order chi connectivity index (χ1) is 12.5. The Morgan fingerprint density at radius 2 is 1.92 bits per heavy atom. The molecule has 5 nitrogen and oxygen atoms in total. The molecule has 6 heteroatoms. The van der Waals surface area contributed by atoms with Gasteiger partial charge in [0.15, 0.2) is 5.13 Å². The molecule has 3 rings (SSSR count). The second kappa shape index (κ2) is 8.16. The van der Waals surface area contributed by atoms with Gasteiger partial charge in [-0.2, -0.15) is 0 Å². The standard InChI is InChI=1S/C20H27N3O2S/c1-12(2)16(21-18(24)14-9-5-4-6-10-14)19(25)23-20-22-17-13(3)8-7-11-15(17)26-20/h7-8,11-12,14,16H,4-6,9-10H2,1-3H3,(H,21,24)(H,22,23,25). The van der Waals surface area contributed by atoms with Gasteiger partial charge in [-0.1, -0.05) is 56.6 Å². The highest BCUT2D eigenvalue weighted by Gasteiger charge is 2.29. The van der Waals surface area contributed by atoms with Crippen LogP contribution in [0.15, 0.2) is 18.2 Å². The van der Waals surface area contributed by atoms with E-state index in [0.717, 1.165) is 41.5 Å². The van der Waals surface area contributed by atoms with Crippen LogP contribution in [-0.2, 0) is 9.59 Å². The molecule has 2 amide bonds. The molecule has 1 fully saturated rings. The molecule has 26 heavy (non-hydrogen) atoms. The molecular weight excluding hydrogens is 346 g/mol. The molecule has 0 bridgehead atoms. The number of anilines is 1. The lowest BCUT2D eigenvalue weighted by Crippen LogP contribution is -2.49. The Hall–Kier alpha value is -1.95. The second-order valence-electron chi connectivity index (χ2n) is 7.50. The number of rotatable bonds is 5. The predicted molar refractivity (Wildman–Crippen MR) is 106 cm³/mol. The molecule has 1 aliphatic rings. The van der Waals surface area contributed by atoms with Crippen LogP contribution in [0.2, 0.25) is 0 Å². The molecule has 2 N–H and O–H groups in total. The molecule has 1 atom stereocenters. The van der Waals surface area contributed by atoms with Gasteiger partial charge in [-0.3, -0.25) is 9.59 Å². The molecule has 1 aromatic carbocycles. The minimum Gasteiger partial charge on any atom is -0.344 e. The minimum atomic E-state index is -0.544. The summed E-state index contributed by atoms with van der Waals surface area (Å²) in [4.78, 5) is 29.9. The maximum absolute atomic E-state index is 12.8. The third-order valence-corrected chi connectivity index (χ3v) is 6.01. The summed E-state index contributed by atoms with van der Waals surface area (Å²) in [6, 6.07) is 5.45. The van der Waals surface area contributed by atoms with E-state index < -0.39 is 6.04 Å². The predicted octanol–water partition coefficient (Wildman–Crippen LogP) is 4.26. The number of para-hydroxylation sites is 1. The molecule has 1 heterocycles. The van der Waals surface area contributed by atoms with Crippen LogP contribution in [-0.4, -0.2) is 22.8 Å². The molecule has 0 radical (unpaired) electrons. The van der Waals surface area contributed by atoms with Crippen molar-refractivity contribution in [2.75, 3.05) is 5.32 Å². The monoisotopic (exact) mass is 373 g/mol. The van der Waals surface area contributed by atoms with Crippen molar-refractivity contribution < 1.29 is 9.59 Å². The number of fused-ring (bicyclic) bond motifs is 1. The van der Waals surface area contributed by atoms with Crippen LogP contribution < -0.4 is 10.6 Å². The number of nitrogens with zero attached hydrogens (tertiary/aromatic N) is 1. The molecule has 140 valence electrons. The summed E-state index contributed by atoms with van der Waals surface area (Å²) in [7, 11) is 0. The van der Waals surface area contributed by atoms with E-state index in [1.807, 2.05) is 39.0 Å². The Morgan fingerprint density at radius 1 is 1.19 bits per heavy atom. The van der Waals surface area contributed by atoms with Crippen molar-refractivity contribution in [1.29, 1.82) is 0 Å². The van der Waals surface area contributed by atoms with Crippen molar-refractivity contribution in [2.24, 2.45) is 11.8 Å². The van der Waals surface area contributed by atoms with Crippen molar-refractivity contribution in [3.05, 3.63) is 23.8 Å². The molecule has 0 spiro atoms. The van der Waals surface area contributed by atoms with Gasteiger partial charge in [-0.25, -0.2) is 4.98 Å². The number of nitrogens with one attached hydrogen (secondary N) is 2. The highest BCUT2D eigenvalue weighted by molar-refractivity contribution is 7.22. The Morgan fingerprint density at radius 3 is 2.58 bits per heavy atom. The third kappa shape index (κ3) is 4.23. The van der Waals surface area contributed by atoms with E-state index in [2.05, 4.69) is 15.6 Å². The molecular formula is C20H27N3O2S. The molecule has 0 saturated heterocycles. The van der Waals surface area contributed by atoms with E-state index in [1.54, 1.807) is 0 Å². The Labute approximate surface area is 158 Å². The number of amides is 2. The summed E-state index contributed by atoms with van der Waals surface area (Å²) >= 11 is 1.46. The van der Waals surface area contributed by atoms with E-state index >= 15 is 0 Å². The van der Waals surface area contributed by atoms with Crippen LogP contribution in [0.25, 0.3) is 10.2 Å². The van der Waals surface area contributed by atoms with E-state index in [0.29, 0.717) is 5.13 Å². The minimum absolute atomic E-state index is 0.0126. The number of hydrogen-bond donors (Lipinski definition) is 2. The lowest BCUT2D eigenvalue weighted by Gasteiger charge is -2.26. The Bertz CT molecular complexity index is 793. The summed E-state index contributed by atoms with van der Waals surface area (Å²) in [5.74, 6) is -0.124. The summed E-state index contributed by atoms with van der Waals surface area (Å²) in [5, 5.41) is 6.46. The van der Waals surface area contributed by atoms with Crippen LogP contribution in [0, 0.1) is 18.8 Å². The Balaban J connectivity index is 1.69. The van der Waals surface area contributed by atoms with Gasteiger partial charge in [0, 0.05) is 5.92 Å². The first-order valence-corrected chi connectivity index (χ1v) is 10.2. The van der Waals surface area contributed by atoms with Gasteiger partial charge in [-0.05, 0) is 37.3 Å². The van der Waals surface area contributed by atoms with Gasteiger partial charge in [-0.15, -0.1) is 0 Å². The van der Waals surface area contributed by atoms with Gasteiger partial charge < -0.3 is 10.6 Å². The van der Waals surface area contributed by atoms with Crippen molar-refractivity contribution in [3.63, 3.8) is 0 Å². The second-order valence-corrected chi connectivity index (χ2v) is 8.53. The number of thiazole rings is 1. The van der Waals surface area contributed by atoms with Gasteiger partial charge in [0.2, 0.25) is 11.8 Å². The van der Waals surface area contributed by atoms with Crippen molar-refractivity contribution >= 4 is 38.5 Å². The van der Waals surface area contributed by atoms with Crippen LogP contribution in [0.4, 0.5) is 5.13 Å². The maximum atomic E-state index is 12.8. The summed E-state index contributed by atoms with van der Waals surface area (Å²) in [6.07, 6.45) is 5.25. The van der Waals surface area contributed by atoms with Gasteiger partial charge in [0.25, 0.3) is 0 Å². The van der Waals surface area contributed by atoms with E-state index in [4.69, 9.17) is 0 Å². The van der Waals surface area contributed by atoms with Crippen LogP contribution in [0.1, 0.15) is 51.5 Å². The smallest absolute Gasteiger partial charge is 0.248 e. The summed E-state index contributed by atoms with van der Waals surface area (Å²) in [5.41, 5.74) is 2.00. The number of carbonyl (C=O) groups is 2. The molecule has 0 aliphatic heterocycles. The van der Waals surface area contributed by atoms with E-state index in [1.165, 1.54) is 17.8 Å². The fourth-order valence-electron chi connectivity index (χ4n) is 3.49. The third-order valence-electron chi connectivity index (χ3n) is 5.07. The quantitative estimate of drug-likeness (QED) is 0.822. The number of carbonyl (C=O) groups excluding carboxylic acids is 2. The number of aromatic nitrogens is 1. The molecule has 2 aromatic rings. The SMILES string of the molecule is Cc1cccc2sc(NC(=O)C(NC(=O)C3CCCCC3)C(C)C)nc12. The lowest BCUT2D eigenvalue weighted by molar-refractivity contribution is -0.130. The molecule has 1 saturated carbocycles. The van der Waals surface area contributed by atoms with Crippen LogP contribution >= 0.6 is 11.3 Å². The first-order valence-electron chi connectivity index (χ1n) is 9.43. The normalized spacial score (nSPS) is 16.6. The largest absolute Gasteiger partial charge is 0.344 e.